The van der Waals surface area contributed by atoms with Crippen molar-refractivity contribution in [3.8, 4) is 0 Å². The van der Waals surface area contributed by atoms with Gasteiger partial charge in [0, 0.05) is 44.4 Å². The van der Waals surface area contributed by atoms with Crippen LogP contribution in [-0.4, -0.2) is 69.3 Å². The Morgan fingerprint density at radius 2 is 1.95 bits per heavy atom. The third-order valence-corrected chi connectivity index (χ3v) is 3.77. The second kappa shape index (κ2) is 8.22. The molecule has 0 aromatic heterocycles. The first kappa shape index (κ1) is 16.9. The van der Waals surface area contributed by atoms with Crippen molar-refractivity contribution in [3.63, 3.8) is 0 Å². The van der Waals surface area contributed by atoms with Gasteiger partial charge in [-0.05, 0) is 25.2 Å². The van der Waals surface area contributed by atoms with Crippen LogP contribution in [-0.2, 0) is 16.1 Å². The van der Waals surface area contributed by atoms with Crippen LogP contribution >= 0.6 is 0 Å². The van der Waals surface area contributed by atoms with Gasteiger partial charge in [-0.15, -0.1) is 0 Å². The SMILES string of the molecule is COCCOCc1cc(C(=O)N2CCN(C)CC2)ccc1F. The summed E-state index contributed by atoms with van der Waals surface area (Å²) in [5.74, 6) is -0.404. The minimum Gasteiger partial charge on any atom is -0.382 e. The van der Waals surface area contributed by atoms with Gasteiger partial charge in [0.1, 0.15) is 5.82 Å². The van der Waals surface area contributed by atoms with Gasteiger partial charge in [-0.1, -0.05) is 0 Å². The Hall–Kier alpha value is -1.50. The molecule has 0 radical (unpaired) electrons. The van der Waals surface area contributed by atoms with Gasteiger partial charge < -0.3 is 19.3 Å². The first-order chi connectivity index (χ1) is 10.6. The van der Waals surface area contributed by atoms with Crippen molar-refractivity contribution >= 4 is 5.91 Å². The average Bonchev–Trinajstić information content (AvgIpc) is 2.53. The molecule has 6 heteroatoms. The third-order valence-electron chi connectivity index (χ3n) is 3.77. The zero-order valence-corrected chi connectivity index (χ0v) is 13.2. The highest BCUT2D eigenvalue weighted by Gasteiger charge is 2.21. The zero-order chi connectivity index (χ0) is 15.9. The molecule has 1 aliphatic heterocycles. The summed E-state index contributed by atoms with van der Waals surface area (Å²) in [5, 5.41) is 0. The molecule has 5 nitrogen and oxygen atoms in total. The highest BCUT2D eigenvalue weighted by molar-refractivity contribution is 5.94. The number of rotatable bonds is 6. The minimum absolute atomic E-state index is 0.0498. The molecule has 2 rings (SSSR count). The highest BCUT2D eigenvalue weighted by atomic mass is 19.1. The van der Waals surface area contributed by atoms with Crippen molar-refractivity contribution in [1.29, 1.82) is 0 Å². The number of ether oxygens (including phenoxy) is 2. The highest BCUT2D eigenvalue weighted by Crippen LogP contribution is 2.15. The normalized spacial score (nSPS) is 16.0. The number of piperazine rings is 1. The predicted octanol–water partition coefficient (Wildman–Crippen LogP) is 1.38. The Morgan fingerprint density at radius 3 is 2.64 bits per heavy atom. The molecule has 0 unspecified atom stereocenters. The molecular weight excluding hydrogens is 287 g/mol. The van der Waals surface area contributed by atoms with Crippen LogP contribution in [0.5, 0.6) is 0 Å². The van der Waals surface area contributed by atoms with Crippen molar-refractivity contribution in [2.45, 2.75) is 6.61 Å². The fourth-order valence-corrected chi connectivity index (χ4v) is 2.33. The van der Waals surface area contributed by atoms with E-state index in [1.54, 1.807) is 13.2 Å². The summed E-state index contributed by atoms with van der Waals surface area (Å²) in [6.45, 7) is 4.12. The second-order valence-corrected chi connectivity index (χ2v) is 5.45. The predicted molar refractivity (Wildman–Crippen MR) is 81.3 cm³/mol. The Kier molecular flexibility index (Phi) is 6.30. The lowest BCUT2D eigenvalue weighted by Crippen LogP contribution is -2.47. The molecule has 1 aromatic rings. The van der Waals surface area contributed by atoms with E-state index in [1.807, 2.05) is 11.9 Å². The molecule has 1 saturated heterocycles. The number of hydrogen-bond acceptors (Lipinski definition) is 4. The molecule has 0 N–H and O–H groups in total. The zero-order valence-electron chi connectivity index (χ0n) is 13.2. The van der Waals surface area contributed by atoms with Gasteiger partial charge >= 0.3 is 0 Å². The van der Waals surface area contributed by atoms with Crippen LogP contribution in [0.25, 0.3) is 0 Å². The van der Waals surface area contributed by atoms with Crippen molar-refractivity contribution < 1.29 is 18.7 Å². The number of carbonyl (C=O) groups excluding carboxylic acids is 1. The van der Waals surface area contributed by atoms with Crippen LogP contribution < -0.4 is 0 Å². The van der Waals surface area contributed by atoms with Gasteiger partial charge in [-0.25, -0.2) is 4.39 Å². The molecule has 1 amide bonds. The molecular formula is C16H23FN2O3. The molecule has 0 bridgehead atoms. The number of amides is 1. The molecule has 1 aliphatic rings. The maximum atomic E-state index is 13.8. The molecule has 0 spiro atoms. The molecule has 0 saturated carbocycles. The smallest absolute Gasteiger partial charge is 0.253 e. The van der Waals surface area contributed by atoms with E-state index in [9.17, 15) is 9.18 Å². The summed E-state index contributed by atoms with van der Waals surface area (Å²) in [6.07, 6.45) is 0. The molecule has 122 valence electrons. The number of carbonyl (C=O) groups is 1. The van der Waals surface area contributed by atoms with E-state index < -0.39 is 0 Å². The molecule has 0 aliphatic carbocycles. The van der Waals surface area contributed by atoms with Crippen LogP contribution in [0.2, 0.25) is 0 Å². The summed E-state index contributed by atoms with van der Waals surface area (Å²) in [5.41, 5.74) is 0.910. The van der Waals surface area contributed by atoms with Gasteiger partial charge in [0.2, 0.25) is 0 Å². The first-order valence-corrected chi connectivity index (χ1v) is 7.44. The fourth-order valence-electron chi connectivity index (χ4n) is 2.33. The number of nitrogens with zero attached hydrogens (tertiary/aromatic N) is 2. The number of likely N-dealkylation sites (N-methyl/N-ethyl adjacent to an activating group) is 1. The van der Waals surface area contributed by atoms with Crippen LogP contribution in [0, 0.1) is 5.82 Å². The van der Waals surface area contributed by atoms with Gasteiger partial charge in [-0.3, -0.25) is 4.79 Å². The summed E-state index contributed by atoms with van der Waals surface area (Å²) < 4.78 is 24.0. The van der Waals surface area contributed by atoms with Gasteiger partial charge in [0.05, 0.1) is 19.8 Å². The lowest BCUT2D eigenvalue weighted by Gasteiger charge is -2.32. The second-order valence-electron chi connectivity index (χ2n) is 5.45. The third kappa shape index (κ3) is 4.50. The van der Waals surface area contributed by atoms with Gasteiger partial charge in [0.25, 0.3) is 5.91 Å². The molecule has 1 fully saturated rings. The summed E-state index contributed by atoms with van der Waals surface area (Å²) in [7, 11) is 3.62. The standard InChI is InChI=1S/C16H23FN2O3/c1-18-5-7-19(8-6-18)16(20)13-3-4-15(17)14(11-13)12-22-10-9-21-2/h3-4,11H,5-10,12H2,1-2H3. The Labute approximate surface area is 130 Å². The first-order valence-electron chi connectivity index (χ1n) is 7.44. The van der Waals surface area contributed by atoms with E-state index in [0.29, 0.717) is 37.4 Å². The van der Waals surface area contributed by atoms with E-state index in [1.165, 1.54) is 12.1 Å². The Morgan fingerprint density at radius 1 is 1.23 bits per heavy atom. The number of halogens is 1. The van der Waals surface area contributed by atoms with E-state index in [0.717, 1.165) is 13.1 Å². The number of benzene rings is 1. The molecule has 1 aromatic carbocycles. The van der Waals surface area contributed by atoms with Crippen molar-refractivity contribution in [3.05, 3.63) is 35.1 Å². The van der Waals surface area contributed by atoms with Gasteiger partial charge in [-0.2, -0.15) is 0 Å². The number of hydrogen-bond donors (Lipinski definition) is 0. The number of methoxy groups -OCH3 is 1. The largest absolute Gasteiger partial charge is 0.382 e. The Bertz CT molecular complexity index is 502. The molecule has 1 heterocycles. The Balaban J connectivity index is 2.00. The maximum absolute atomic E-state index is 13.8. The van der Waals surface area contributed by atoms with Crippen LogP contribution in [0.15, 0.2) is 18.2 Å². The van der Waals surface area contributed by atoms with Crippen molar-refractivity contribution in [2.24, 2.45) is 0 Å². The average molecular weight is 310 g/mol. The monoisotopic (exact) mass is 310 g/mol. The topological polar surface area (TPSA) is 42.0 Å². The van der Waals surface area contributed by atoms with Crippen LogP contribution in [0.3, 0.4) is 0 Å². The summed E-state index contributed by atoms with van der Waals surface area (Å²) >= 11 is 0. The van der Waals surface area contributed by atoms with E-state index in [-0.39, 0.29) is 18.3 Å². The van der Waals surface area contributed by atoms with E-state index >= 15 is 0 Å². The summed E-state index contributed by atoms with van der Waals surface area (Å²) in [6, 6.07) is 4.45. The molecule has 0 atom stereocenters. The van der Waals surface area contributed by atoms with E-state index in [2.05, 4.69) is 4.90 Å². The minimum atomic E-state index is -0.354. The summed E-state index contributed by atoms with van der Waals surface area (Å²) in [4.78, 5) is 16.5. The van der Waals surface area contributed by atoms with Gasteiger partial charge in [0.15, 0.2) is 0 Å². The fraction of sp³-hybridized carbons (Fsp3) is 0.562. The van der Waals surface area contributed by atoms with Crippen LogP contribution in [0.1, 0.15) is 15.9 Å². The quantitative estimate of drug-likeness (QED) is 0.745. The van der Waals surface area contributed by atoms with Crippen LogP contribution in [0.4, 0.5) is 4.39 Å². The molecule has 22 heavy (non-hydrogen) atoms. The van der Waals surface area contributed by atoms with E-state index in [4.69, 9.17) is 9.47 Å². The lowest BCUT2D eigenvalue weighted by molar-refractivity contribution is 0.0601. The van der Waals surface area contributed by atoms with Crippen molar-refractivity contribution in [1.82, 2.24) is 9.80 Å². The lowest BCUT2D eigenvalue weighted by atomic mass is 10.1. The maximum Gasteiger partial charge on any atom is 0.253 e. The van der Waals surface area contributed by atoms with Crippen molar-refractivity contribution in [2.75, 3.05) is 53.6 Å².